The summed E-state index contributed by atoms with van der Waals surface area (Å²) in [6.07, 6.45) is 3.32. The lowest BCUT2D eigenvalue weighted by atomic mass is 9.82. The van der Waals surface area contributed by atoms with Crippen LogP contribution in [0.2, 0.25) is 0 Å². The van der Waals surface area contributed by atoms with Crippen LogP contribution < -0.4 is 21.3 Å². The molecule has 1 saturated carbocycles. The SMILES string of the molecule is O=C(O)Cn1c(=O)[nH]c(C(=O)N[C@H]2CC[C@@H](c3ccccc3)CC2)c(OCc2ccccc2)c1=O. The monoisotopic (exact) mass is 477 g/mol. The van der Waals surface area contributed by atoms with Gasteiger partial charge in [-0.2, -0.15) is 0 Å². The van der Waals surface area contributed by atoms with E-state index in [1.165, 1.54) is 5.56 Å². The minimum atomic E-state index is -1.36. The number of hydrogen-bond donors (Lipinski definition) is 3. The molecule has 2 aromatic carbocycles. The lowest BCUT2D eigenvalue weighted by molar-refractivity contribution is -0.137. The van der Waals surface area contributed by atoms with Crippen LogP contribution in [0.4, 0.5) is 0 Å². The number of carboxylic acid groups (broad SMARTS) is 1. The molecular formula is C26H27N3O6. The van der Waals surface area contributed by atoms with E-state index in [2.05, 4.69) is 22.4 Å². The number of aromatic nitrogens is 2. The van der Waals surface area contributed by atoms with E-state index >= 15 is 0 Å². The summed E-state index contributed by atoms with van der Waals surface area (Å²) in [4.78, 5) is 52.0. The Morgan fingerprint density at radius 3 is 2.23 bits per heavy atom. The standard InChI is InChI=1S/C26H27N3O6/c30-21(31)15-29-25(33)23(35-16-17-7-3-1-4-8-17)22(28-26(29)34)24(32)27-20-13-11-19(12-14-20)18-9-5-2-6-10-18/h1-10,19-20H,11-16H2,(H,27,32)(H,28,34)(H,30,31)/t19-,20+. The van der Waals surface area contributed by atoms with E-state index in [0.717, 1.165) is 31.2 Å². The van der Waals surface area contributed by atoms with E-state index in [1.807, 2.05) is 24.3 Å². The van der Waals surface area contributed by atoms with Crippen molar-refractivity contribution in [3.63, 3.8) is 0 Å². The molecule has 0 aliphatic heterocycles. The highest BCUT2D eigenvalue weighted by molar-refractivity contribution is 5.95. The lowest BCUT2D eigenvalue weighted by Gasteiger charge is -2.29. The number of rotatable bonds is 8. The number of carbonyl (C=O) groups excluding carboxylic acids is 1. The largest absolute Gasteiger partial charge is 0.481 e. The van der Waals surface area contributed by atoms with Crippen molar-refractivity contribution < 1.29 is 19.4 Å². The predicted molar refractivity (Wildman–Crippen MR) is 129 cm³/mol. The molecule has 4 rings (SSSR count). The summed E-state index contributed by atoms with van der Waals surface area (Å²) >= 11 is 0. The Morgan fingerprint density at radius 1 is 0.971 bits per heavy atom. The number of nitrogens with one attached hydrogen (secondary N) is 2. The molecule has 3 aromatic rings. The van der Waals surface area contributed by atoms with E-state index in [-0.39, 0.29) is 24.1 Å². The second-order valence-corrected chi connectivity index (χ2v) is 8.63. The molecule has 182 valence electrons. The van der Waals surface area contributed by atoms with E-state index in [1.54, 1.807) is 24.3 Å². The average molecular weight is 478 g/mol. The second-order valence-electron chi connectivity index (χ2n) is 8.63. The molecule has 0 bridgehead atoms. The maximum atomic E-state index is 13.1. The summed E-state index contributed by atoms with van der Waals surface area (Å²) in [5.41, 5.74) is -0.233. The topological polar surface area (TPSA) is 130 Å². The Labute approximate surface area is 201 Å². The smallest absolute Gasteiger partial charge is 0.329 e. The summed E-state index contributed by atoms with van der Waals surface area (Å²) in [6, 6.07) is 19.1. The molecule has 35 heavy (non-hydrogen) atoms. The highest BCUT2D eigenvalue weighted by Gasteiger charge is 2.27. The first-order chi connectivity index (χ1) is 16.9. The van der Waals surface area contributed by atoms with Gasteiger partial charge in [-0.3, -0.25) is 19.4 Å². The van der Waals surface area contributed by atoms with Crippen LogP contribution >= 0.6 is 0 Å². The van der Waals surface area contributed by atoms with Crippen molar-refractivity contribution in [3.8, 4) is 5.75 Å². The van der Waals surface area contributed by atoms with Gasteiger partial charge in [-0.05, 0) is 42.7 Å². The predicted octanol–water partition coefficient (Wildman–Crippen LogP) is 2.66. The Bertz CT molecular complexity index is 1290. The summed E-state index contributed by atoms with van der Waals surface area (Å²) < 4.78 is 6.16. The molecule has 1 aliphatic carbocycles. The van der Waals surface area contributed by atoms with Gasteiger partial charge in [0.1, 0.15) is 13.2 Å². The number of H-pyrrole nitrogens is 1. The maximum absolute atomic E-state index is 13.1. The van der Waals surface area contributed by atoms with Gasteiger partial charge >= 0.3 is 11.7 Å². The van der Waals surface area contributed by atoms with Crippen molar-refractivity contribution in [1.29, 1.82) is 0 Å². The van der Waals surface area contributed by atoms with Gasteiger partial charge in [-0.1, -0.05) is 60.7 Å². The summed E-state index contributed by atoms with van der Waals surface area (Å²) in [5, 5.41) is 12.0. The van der Waals surface area contributed by atoms with E-state index in [9.17, 15) is 19.2 Å². The van der Waals surface area contributed by atoms with Crippen molar-refractivity contribution in [2.24, 2.45) is 0 Å². The molecule has 9 nitrogen and oxygen atoms in total. The molecule has 3 N–H and O–H groups in total. The summed E-state index contributed by atoms with van der Waals surface area (Å²) in [6.45, 7) is -0.876. The lowest BCUT2D eigenvalue weighted by Crippen LogP contribution is -2.43. The fraction of sp³-hybridized carbons (Fsp3) is 0.308. The van der Waals surface area contributed by atoms with Gasteiger partial charge in [0.15, 0.2) is 5.69 Å². The highest BCUT2D eigenvalue weighted by atomic mass is 16.5. The quantitative estimate of drug-likeness (QED) is 0.457. The zero-order valence-corrected chi connectivity index (χ0v) is 19.1. The van der Waals surface area contributed by atoms with Gasteiger partial charge in [0.2, 0.25) is 5.75 Å². The van der Waals surface area contributed by atoms with Crippen LogP contribution in [0.25, 0.3) is 0 Å². The van der Waals surface area contributed by atoms with Gasteiger partial charge in [0, 0.05) is 6.04 Å². The van der Waals surface area contributed by atoms with Crippen molar-refractivity contribution in [2.75, 3.05) is 0 Å². The first-order valence-electron chi connectivity index (χ1n) is 11.5. The third-order valence-electron chi connectivity index (χ3n) is 6.22. The number of aliphatic carboxylic acids is 1. The van der Waals surface area contributed by atoms with E-state index < -0.39 is 29.7 Å². The molecule has 0 atom stereocenters. The molecule has 1 fully saturated rings. The maximum Gasteiger partial charge on any atom is 0.329 e. The Morgan fingerprint density at radius 2 is 1.60 bits per heavy atom. The first-order valence-corrected chi connectivity index (χ1v) is 11.5. The molecule has 0 saturated heterocycles. The first kappa shape index (κ1) is 24.0. The van der Waals surface area contributed by atoms with E-state index in [0.29, 0.717) is 10.5 Å². The number of amides is 1. The van der Waals surface area contributed by atoms with Crippen molar-refractivity contribution >= 4 is 11.9 Å². The van der Waals surface area contributed by atoms with Gasteiger partial charge < -0.3 is 15.2 Å². The molecule has 1 heterocycles. The van der Waals surface area contributed by atoms with Crippen LogP contribution in [0.3, 0.4) is 0 Å². The fourth-order valence-electron chi connectivity index (χ4n) is 4.41. The molecule has 1 amide bonds. The summed E-state index contributed by atoms with van der Waals surface area (Å²) in [5.74, 6) is -1.95. The molecule has 0 spiro atoms. The van der Waals surface area contributed by atoms with Gasteiger partial charge in [0.05, 0.1) is 0 Å². The molecule has 9 heteroatoms. The molecule has 0 radical (unpaired) electrons. The van der Waals surface area contributed by atoms with Crippen LogP contribution in [0.5, 0.6) is 5.75 Å². The number of benzene rings is 2. The Balaban J connectivity index is 1.53. The zero-order valence-electron chi connectivity index (χ0n) is 19.1. The second kappa shape index (κ2) is 10.9. The zero-order chi connectivity index (χ0) is 24.8. The highest BCUT2D eigenvalue weighted by Crippen LogP contribution is 2.32. The Kier molecular flexibility index (Phi) is 7.45. The van der Waals surface area contributed by atoms with Gasteiger partial charge in [-0.25, -0.2) is 9.36 Å². The number of hydrogen-bond acceptors (Lipinski definition) is 5. The average Bonchev–Trinajstić information content (AvgIpc) is 2.87. The minimum Gasteiger partial charge on any atom is -0.481 e. The number of carboxylic acids is 1. The van der Waals surface area contributed by atoms with Crippen molar-refractivity contribution in [1.82, 2.24) is 14.9 Å². The number of aromatic amines is 1. The van der Waals surface area contributed by atoms with Crippen molar-refractivity contribution in [3.05, 3.63) is 98.3 Å². The van der Waals surface area contributed by atoms with Crippen LogP contribution in [0, 0.1) is 0 Å². The third kappa shape index (κ3) is 5.87. The minimum absolute atomic E-state index is 0.0301. The fourth-order valence-corrected chi connectivity index (χ4v) is 4.41. The number of nitrogens with zero attached hydrogens (tertiary/aromatic N) is 1. The Hall–Kier alpha value is -4.14. The van der Waals surface area contributed by atoms with Crippen LogP contribution in [0.15, 0.2) is 70.3 Å². The van der Waals surface area contributed by atoms with Crippen LogP contribution in [-0.4, -0.2) is 32.6 Å². The molecule has 1 aromatic heterocycles. The number of carbonyl (C=O) groups is 2. The van der Waals surface area contributed by atoms with E-state index in [4.69, 9.17) is 9.84 Å². The normalized spacial score (nSPS) is 17.5. The van der Waals surface area contributed by atoms with Gasteiger partial charge in [0.25, 0.3) is 11.5 Å². The van der Waals surface area contributed by atoms with Crippen LogP contribution in [-0.2, 0) is 17.9 Å². The summed E-state index contributed by atoms with van der Waals surface area (Å²) in [7, 11) is 0. The molecule has 1 aliphatic rings. The number of ether oxygens (including phenoxy) is 1. The van der Waals surface area contributed by atoms with Crippen molar-refractivity contribution in [2.45, 2.75) is 50.8 Å². The molecule has 0 unspecified atom stereocenters. The van der Waals surface area contributed by atoms with Crippen LogP contribution in [0.1, 0.15) is 53.2 Å². The van der Waals surface area contributed by atoms with Gasteiger partial charge in [-0.15, -0.1) is 0 Å². The third-order valence-corrected chi connectivity index (χ3v) is 6.22. The molecular weight excluding hydrogens is 450 g/mol.